The lowest BCUT2D eigenvalue weighted by Gasteiger charge is -2.09. The van der Waals surface area contributed by atoms with E-state index in [2.05, 4.69) is 15.5 Å². The maximum Gasteiger partial charge on any atom is 0.359 e. The van der Waals surface area contributed by atoms with Crippen molar-refractivity contribution in [1.29, 1.82) is 0 Å². The molecule has 0 unspecified atom stereocenters. The zero-order valence-electron chi connectivity index (χ0n) is 14.5. The van der Waals surface area contributed by atoms with E-state index in [0.717, 1.165) is 10.4 Å². The lowest BCUT2D eigenvalue weighted by Crippen LogP contribution is -2.26. The number of fused-ring (bicyclic) bond motifs is 1. The van der Waals surface area contributed by atoms with E-state index >= 15 is 0 Å². The molecule has 1 aromatic carbocycles. The van der Waals surface area contributed by atoms with E-state index in [0.29, 0.717) is 16.6 Å². The van der Waals surface area contributed by atoms with Gasteiger partial charge >= 0.3 is 5.97 Å². The van der Waals surface area contributed by atoms with Crippen LogP contribution in [0.25, 0.3) is 10.8 Å². The number of aromatic nitrogens is 4. The van der Waals surface area contributed by atoms with Crippen molar-refractivity contribution in [2.45, 2.75) is 6.92 Å². The Morgan fingerprint density at radius 1 is 1.12 bits per heavy atom. The summed E-state index contributed by atoms with van der Waals surface area (Å²) in [6.45, 7) is 1.31. The van der Waals surface area contributed by atoms with Gasteiger partial charge in [0.2, 0.25) is 0 Å². The molecule has 0 atom stereocenters. The van der Waals surface area contributed by atoms with Crippen LogP contribution < -0.4 is 10.9 Å². The van der Waals surface area contributed by atoms with Crippen molar-refractivity contribution in [1.82, 2.24) is 19.6 Å². The number of aryl methyl sites for hydroxylation is 3. The first-order valence-electron chi connectivity index (χ1n) is 7.80. The third-order valence-electron chi connectivity index (χ3n) is 3.75. The van der Waals surface area contributed by atoms with Crippen molar-refractivity contribution >= 4 is 28.5 Å². The first-order valence-corrected chi connectivity index (χ1v) is 7.80. The van der Waals surface area contributed by atoms with Crippen molar-refractivity contribution in [3.63, 3.8) is 0 Å². The molecule has 3 aromatic rings. The molecule has 3 rings (SSSR count). The molecule has 134 valence electrons. The largest absolute Gasteiger partial charge is 0.451 e. The monoisotopic (exact) mass is 355 g/mol. The van der Waals surface area contributed by atoms with Crippen molar-refractivity contribution in [3.05, 3.63) is 52.1 Å². The van der Waals surface area contributed by atoms with Gasteiger partial charge in [0, 0.05) is 25.5 Å². The molecule has 1 amide bonds. The van der Waals surface area contributed by atoms with Gasteiger partial charge in [-0.3, -0.25) is 14.3 Å². The number of esters is 1. The van der Waals surface area contributed by atoms with Crippen LogP contribution in [0.3, 0.4) is 0 Å². The maximum absolute atomic E-state index is 12.4. The van der Waals surface area contributed by atoms with Gasteiger partial charge in [0.05, 0.1) is 11.1 Å². The van der Waals surface area contributed by atoms with E-state index in [1.807, 2.05) is 0 Å². The van der Waals surface area contributed by atoms with E-state index in [-0.39, 0.29) is 11.3 Å². The summed E-state index contributed by atoms with van der Waals surface area (Å²) in [7, 11) is 3.14. The van der Waals surface area contributed by atoms with Crippen LogP contribution >= 0.6 is 0 Å². The zero-order chi connectivity index (χ0) is 18.8. The smallest absolute Gasteiger partial charge is 0.359 e. The molecule has 0 saturated heterocycles. The van der Waals surface area contributed by atoms with E-state index in [1.54, 1.807) is 44.3 Å². The first kappa shape index (κ1) is 17.3. The van der Waals surface area contributed by atoms with Crippen LogP contribution in [0, 0.1) is 6.92 Å². The minimum absolute atomic E-state index is 0.0214. The summed E-state index contributed by atoms with van der Waals surface area (Å²) < 4.78 is 7.63. The Kier molecular flexibility index (Phi) is 4.53. The van der Waals surface area contributed by atoms with Gasteiger partial charge in [-0.1, -0.05) is 18.2 Å². The summed E-state index contributed by atoms with van der Waals surface area (Å²) in [5.74, 6) is -0.794. The summed E-state index contributed by atoms with van der Waals surface area (Å²) in [5, 5.41) is 11.4. The Labute approximate surface area is 148 Å². The highest BCUT2D eigenvalue weighted by Gasteiger charge is 2.18. The highest BCUT2D eigenvalue weighted by atomic mass is 16.5. The van der Waals surface area contributed by atoms with Gasteiger partial charge in [-0.25, -0.2) is 9.48 Å². The van der Waals surface area contributed by atoms with Crippen LogP contribution in [-0.2, 0) is 23.6 Å². The molecule has 2 aromatic heterocycles. The molecular weight excluding hydrogens is 338 g/mol. The third-order valence-corrected chi connectivity index (χ3v) is 3.75. The second kappa shape index (κ2) is 6.79. The van der Waals surface area contributed by atoms with Gasteiger partial charge in [-0.15, -0.1) is 0 Å². The van der Waals surface area contributed by atoms with Gasteiger partial charge in [0.1, 0.15) is 5.82 Å². The number of benzene rings is 1. The fraction of sp³-hybridized carbons (Fsp3) is 0.235. The van der Waals surface area contributed by atoms with Crippen LogP contribution in [0.2, 0.25) is 0 Å². The van der Waals surface area contributed by atoms with Crippen molar-refractivity contribution in [3.8, 4) is 0 Å². The van der Waals surface area contributed by atoms with Crippen molar-refractivity contribution < 1.29 is 14.3 Å². The molecule has 0 aliphatic carbocycles. The van der Waals surface area contributed by atoms with Crippen LogP contribution in [0.4, 0.5) is 5.82 Å². The lowest BCUT2D eigenvalue weighted by molar-refractivity contribution is -0.119. The molecule has 0 saturated carbocycles. The molecule has 9 heteroatoms. The van der Waals surface area contributed by atoms with Crippen LogP contribution in [0.15, 0.2) is 35.1 Å². The molecule has 0 aliphatic rings. The van der Waals surface area contributed by atoms with E-state index in [9.17, 15) is 14.4 Å². The topological polar surface area (TPSA) is 108 Å². The molecule has 9 nitrogen and oxygen atoms in total. The number of hydrogen-bond donors (Lipinski definition) is 1. The first-order chi connectivity index (χ1) is 12.4. The van der Waals surface area contributed by atoms with Gasteiger partial charge in [-0.05, 0) is 13.0 Å². The highest BCUT2D eigenvalue weighted by Crippen LogP contribution is 2.14. The molecule has 0 radical (unpaired) electrons. The summed E-state index contributed by atoms with van der Waals surface area (Å²) in [4.78, 5) is 36.4. The SMILES string of the molecule is Cc1cc(NC(=O)COC(=O)c2nn(C)c(=O)c3ccccc23)n(C)n1. The number of hydrogen-bond acceptors (Lipinski definition) is 6. The molecule has 26 heavy (non-hydrogen) atoms. The molecule has 1 N–H and O–H groups in total. The summed E-state index contributed by atoms with van der Waals surface area (Å²) in [6, 6.07) is 8.30. The Bertz CT molecular complexity index is 1070. The zero-order valence-corrected chi connectivity index (χ0v) is 14.5. The summed E-state index contributed by atoms with van der Waals surface area (Å²) in [5.41, 5.74) is 0.411. The molecule has 2 heterocycles. The quantitative estimate of drug-likeness (QED) is 0.693. The molecule has 0 aliphatic heterocycles. The second-order valence-electron chi connectivity index (χ2n) is 5.74. The number of ether oxygens (including phenoxy) is 1. The predicted octanol–water partition coefficient (Wildman–Crippen LogP) is 0.771. The Morgan fingerprint density at radius 3 is 2.46 bits per heavy atom. The number of rotatable bonds is 4. The van der Waals surface area contributed by atoms with Crippen molar-refractivity contribution in [2.24, 2.45) is 14.1 Å². The molecule has 0 bridgehead atoms. The Morgan fingerprint density at radius 2 is 1.81 bits per heavy atom. The number of carbonyl (C=O) groups excluding carboxylic acids is 2. The lowest BCUT2D eigenvalue weighted by atomic mass is 10.1. The molecule has 0 spiro atoms. The summed E-state index contributed by atoms with van der Waals surface area (Å²) in [6.07, 6.45) is 0. The van der Waals surface area contributed by atoms with Gasteiger partial charge < -0.3 is 10.1 Å². The average molecular weight is 355 g/mol. The van der Waals surface area contributed by atoms with Gasteiger partial charge in [-0.2, -0.15) is 10.2 Å². The maximum atomic E-state index is 12.4. The average Bonchev–Trinajstić information content (AvgIpc) is 2.93. The minimum atomic E-state index is -0.784. The fourth-order valence-corrected chi connectivity index (χ4v) is 2.56. The number of amides is 1. The number of anilines is 1. The minimum Gasteiger partial charge on any atom is -0.451 e. The highest BCUT2D eigenvalue weighted by molar-refractivity contribution is 6.03. The van der Waals surface area contributed by atoms with Crippen LogP contribution in [0.1, 0.15) is 16.2 Å². The Balaban J connectivity index is 1.76. The predicted molar refractivity (Wildman–Crippen MR) is 93.8 cm³/mol. The molecule has 0 fully saturated rings. The Hall–Kier alpha value is -3.49. The standard InChI is InChI=1S/C17H17N5O4/c1-10-8-13(21(2)19-10)18-14(23)9-26-17(25)15-11-6-4-5-7-12(11)16(24)22(3)20-15/h4-8H,9H2,1-3H3,(H,18,23). The van der Waals surface area contributed by atoms with Gasteiger partial charge in [0.25, 0.3) is 11.5 Å². The summed E-state index contributed by atoms with van der Waals surface area (Å²) >= 11 is 0. The van der Waals surface area contributed by atoms with E-state index in [4.69, 9.17) is 4.74 Å². The number of nitrogens with zero attached hydrogens (tertiary/aromatic N) is 4. The number of carbonyl (C=O) groups is 2. The second-order valence-corrected chi connectivity index (χ2v) is 5.74. The van der Waals surface area contributed by atoms with Crippen LogP contribution in [0.5, 0.6) is 0 Å². The molecular formula is C17H17N5O4. The number of nitrogens with one attached hydrogen (secondary N) is 1. The van der Waals surface area contributed by atoms with Crippen molar-refractivity contribution in [2.75, 3.05) is 11.9 Å². The van der Waals surface area contributed by atoms with E-state index < -0.39 is 18.5 Å². The fourth-order valence-electron chi connectivity index (χ4n) is 2.56. The van der Waals surface area contributed by atoms with Gasteiger partial charge in [0.15, 0.2) is 12.3 Å². The van der Waals surface area contributed by atoms with Crippen LogP contribution in [-0.4, -0.2) is 38.0 Å². The normalized spacial score (nSPS) is 10.7. The van der Waals surface area contributed by atoms with E-state index in [1.165, 1.54) is 11.7 Å². The third kappa shape index (κ3) is 3.32.